The molecule has 1 aromatic heterocycles. The van der Waals surface area contributed by atoms with E-state index in [0.717, 1.165) is 18.8 Å². The van der Waals surface area contributed by atoms with E-state index in [-0.39, 0.29) is 0 Å². The van der Waals surface area contributed by atoms with Crippen LogP contribution in [0.15, 0.2) is 30.6 Å². The number of hydrogen-bond donors (Lipinski definition) is 1. The number of nitrogens with zero attached hydrogens (tertiary/aromatic N) is 3. The molecule has 1 aromatic carbocycles. The molecule has 1 unspecified atom stereocenters. The van der Waals surface area contributed by atoms with Crippen LogP contribution >= 0.6 is 0 Å². The summed E-state index contributed by atoms with van der Waals surface area (Å²) in [4.78, 5) is 0. The van der Waals surface area contributed by atoms with Gasteiger partial charge in [0.25, 0.3) is 0 Å². The molecule has 0 bridgehead atoms. The molecule has 1 saturated carbocycles. The number of rotatable bonds is 2. The zero-order valence-electron chi connectivity index (χ0n) is 11.6. The summed E-state index contributed by atoms with van der Waals surface area (Å²) in [5.41, 5.74) is 2.62. The van der Waals surface area contributed by atoms with E-state index in [9.17, 15) is 0 Å². The van der Waals surface area contributed by atoms with Crippen LogP contribution in [0, 0.1) is 0 Å². The van der Waals surface area contributed by atoms with Gasteiger partial charge in [0.05, 0.1) is 0 Å². The maximum atomic E-state index is 4.47. The first-order valence-corrected chi connectivity index (χ1v) is 7.65. The van der Waals surface area contributed by atoms with E-state index < -0.39 is 0 Å². The number of aromatic nitrogens is 3. The van der Waals surface area contributed by atoms with Crippen LogP contribution < -0.4 is 5.32 Å². The number of hydrogen-bond acceptors (Lipinski definition) is 3. The molecule has 1 atom stereocenters. The molecule has 2 aromatic rings. The maximum Gasteiger partial charge on any atom is 0.140 e. The Hall–Kier alpha value is -1.84. The Balaban J connectivity index is 1.74. The summed E-state index contributed by atoms with van der Waals surface area (Å²) < 4.78 is 2.35. The minimum Gasteiger partial charge on any atom is -0.385 e. The quantitative estimate of drug-likeness (QED) is 0.908. The van der Waals surface area contributed by atoms with E-state index in [4.69, 9.17) is 0 Å². The molecule has 104 valence electrons. The minimum atomic E-state index is 0.385. The summed E-state index contributed by atoms with van der Waals surface area (Å²) in [6, 6.07) is 9.21. The molecule has 0 saturated heterocycles. The number of benzene rings is 1. The minimum absolute atomic E-state index is 0.385. The fourth-order valence-corrected chi connectivity index (χ4v) is 3.70. The van der Waals surface area contributed by atoms with Gasteiger partial charge in [-0.15, -0.1) is 10.2 Å². The van der Waals surface area contributed by atoms with E-state index in [0.29, 0.717) is 12.0 Å². The van der Waals surface area contributed by atoms with Crippen LogP contribution in [0.1, 0.15) is 55.5 Å². The molecule has 1 aliphatic heterocycles. The second kappa shape index (κ2) is 4.93. The van der Waals surface area contributed by atoms with Crippen LogP contribution in [-0.4, -0.2) is 21.3 Å². The molecule has 0 amide bonds. The molecule has 1 N–H and O–H groups in total. The lowest BCUT2D eigenvalue weighted by atomic mass is 9.90. The van der Waals surface area contributed by atoms with Gasteiger partial charge >= 0.3 is 0 Å². The van der Waals surface area contributed by atoms with Gasteiger partial charge in [0.2, 0.25) is 0 Å². The van der Waals surface area contributed by atoms with E-state index in [1.54, 1.807) is 0 Å². The Kier molecular flexibility index (Phi) is 2.94. The van der Waals surface area contributed by atoms with E-state index in [2.05, 4.69) is 44.3 Å². The number of anilines is 1. The lowest BCUT2D eigenvalue weighted by molar-refractivity contribution is 0.480. The fraction of sp³-hybridized carbons (Fsp3) is 0.500. The maximum absolute atomic E-state index is 4.47. The lowest BCUT2D eigenvalue weighted by Gasteiger charge is -2.27. The zero-order chi connectivity index (χ0) is 13.4. The van der Waals surface area contributed by atoms with Crippen molar-refractivity contribution in [2.45, 2.75) is 44.1 Å². The highest BCUT2D eigenvalue weighted by Gasteiger charge is 2.28. The van der Waals surface area contributed by atoms with Gasteiger partial charge in [-0.05, 0) is 30.9 Å². The Bertz CT molecular complexity index is 598. The summed E-state index contributed by atoms with van der Waals surface area (Å²) in [7, 11) is 0. The highest BCUT2D eigenvalue weighted by Crippen LogP contribution is 2.38. The van der Waals surface area contributed by atoms with Crippen LogP contribution in [0.3, 0.4) is 0 Å². The van der Waals surface area contributed by atoms with Gasteiger partial charge in [0, 0.05) is 24.2 Å². The fourth-order valence-electron chi connectivity index (χ4n) is 3.70. The average molecular weight is 268 g/mol. The van der Waals surface area contributed by atoms with E-state index in [1.165, 1.54) is 36.9 Å². The van der Waals surface area contributed by atoms with E-state index >= 15 is 0 Å². The highest BCUT2D eigenvalue weighted by molar-refractivity contribution is 5.56. The van der Waals surface area contributed by atoms with Crippen molar-refractivity contribution in [3.05, 3.63) is 42.0 Å². The normalized spacial score (nSPS) is 22.5. The SMILES string of the molecule is c1ccc2c(c1)NCCC2c1nncn1C1CCCC1. The van der Waals surface area contributed by atoms with Gasteiger partial charge in [-0.3, -0.25) is 0 Å². The van der Waals surface area contributed by atoms with Crippen molar-refractivity contribution in [3.8, 4) is 0 Å². The molecule has 1 fully saturated rings. The van der Waals surface area contributed by atoms with Crippen molar-refractivity contribution in [1.29, 1.82) is 0 Å². The van der Waals surface area contributed by atoms with Crippen molar-refractivity contribution >= 4 is 5.69 Å². The average Bonchev–Trinajstić information content (AvgIpc) is 3.17. The van der Waals surface area contributed by atoms with Crippen LogP contribution in [0.4, 0.5) is 5.69 Å². The molecule has 4 heteroatoms. The summed E-state index contributed by atoms with van der Waals surface area (Å²) in [5, 5.41) is 12.2. The number of nitrogens with one attached hydrogen (secondary N) is 1. The van der Waals surface area contributed by atoms with Crippen molar-refractivity contribution in [3.63, 3.8) is 0 Å². The third-order valence-corrected chi connectivity index (χ3v) is 4.72. The molecule has 0 radical (unpaired) electrons. The molecule has 4 rings (SSSR count). The zero-order valence-corrected chi connectivity index (χ0v) is 11.6. The molecular weight excluding hydrogens is 248 g/mol. The summed E-state index contributed by atoms with van der Waals surface area (Å²) in [6.07, 6.45) is 8.27. The van der Waals surface area contributed by atoms with Crippen molar-refractivity contribution in [2.75, 3.05) is 11.9 Å². The predicted octanol–water partition coefficient (Wildman–Crippen LogP) is 3.34. The molecule has 20 heavy (non-hydrogen) atoms. The van der Waals surface area contributed by atoms with Crippen molar-refractivity contribution in [1.82, 2.24) is 14.8 Å². The first-order chi connectivity index (χ1) is 9.93. The van der Waals surface area contributed by atoms with Gasteiger partial charge in [0.15, 0.2) is 0 Å². The molecule has 2 heterocycles. The lowest BCUT2D eigenvalue weighted by Crippen LogP contribution is -2.21. The number of fused-ring (bicyclic) bond motifs is 1. The first-order valence-electron chi connectivity index (χ1n) is 7.65. The smallest absolute Gasteiger partial charge is 0.140 e. The Morgan fingerprint density at radius 3 is 2.85 bits per heavy atom. The second-order valence-electron chi connectivity index (χ2n) is 5.89. The first kappa shape index (κ1) is 11.9. The van der Waals surface area contributed by atoms with E-state index in [1.807, 2.05) is 6.33 Å². The van der Waals surface area contributed by atoms with Crippen LogP contribution in [-0.2, 0) is 0 Å². The van der Waals surface area contributed by atoms with Gasteiger partial charge in [-0.1, -0.05) is 31.0 Å². The monoisotopic (exact) mass is 268 g/mol. The van der Waals surface area contributed by atoms with Gasteiger partial charge < -0.3 is 9.88 Å². The van der Waals surface area contributed by atoms with Crippen molar-refractivity contribution in [2.24, 2.45) is 0 Å². The number of para-hydroxylation sites is 1. The Morgan fingerprint density at radius 2 is 1.95 bits per heavy atom. The topological polar surface area (TPSA) is 42.7 Å². The third-order valence-electron chi connectivity index (χ3n) is 4.72. The highest BCUT2D eigenvalue weighted by atomic mass is 15.3. The predicted molar refractivity (Wildman–Crippen MR) is 78.9 cm³/mol. The summed E-state index contributed by atoms with van der Waals surface area (Å²) in [6.45, 7) is 1.01. The Labute approximate surface area is 119 Å². The van der Waals surface area contributed by atoms with Gasteiger partial charge in [-0.2, -0.15) is 0 Å². The molecule has 4 nitrogen and oxygen atoms in total. The van der Waals surface area contributed by atoms with Crippen LogP contribution in [0.2, 0.25) is 0 Å². The van der Waals surface area contributed by atoms with Crippen LogP contribution in [0.25, 0.3) is 0 Å². The summed E-state index contributed by atoms with van der Waals surface area (Å²) >= 11 is 0. The third kappa shape index (κ3) is 1.90. The summed E-state index contributed by atoms with van der Waals surface area (Å²) in [5.74, 6) is 1.54. The Morgan fingerprint density at radius 1 is 1.10 bits per heavy atom. The molecule has 1 aliphatic carbocycles. The largest absolute Gasteiger partial charge is 0.385 e. The van der Waals surface area contributed by atoms with Gasteiger partial charge in [-0.25, -0.2) is 0 Å². The van der Waals surface area contributed by atoms with Crippen LogP contribution in [0.5, 0.6) is 0 Å². The standard InChI is InChI=1S/C16H20N4/c1-2-6-12(5-1)20-11-18-19-16(20)14-9-10-17-15-8-4-3-7-13(14)15/h3-4,7-8,11-12,14,17H,1-2,5-6,9-10H2. The second-order valence-corrected chi connectivity index (χ2v) is 5.89. The van der Waals surface area contributed by atoms with Crippen molar-refractivity contribution < 1.29 is 0 Å². The molecule has 0 spiro atoms. The molecular formula is C16H20N4. The van der Waals surface area contributed by atoms with Gasteiger partial charge in [0.1, 0.15) is 12.2 Å². The molecule has 2 aliphatic rings.